The maximum atomic E-state index is 12.0. The van der Waals surface area contributed by atoms with Gasteiger partial charge in [0.15, 0.2) is 0 Å². The molecule has 122 valence electrons. The number of phenols is 1. The van der Waals surface area contributed by atoms with Crippen LogP contribution in [0.1, 0.15) is 30.5 Å². The zero-order chi connectivity index (χ0) is 17.1. The Morgan fingerprint density at radius 3 is 2.67 bits per heavy atom. The van der Waals surface area contributed by atoms with Crippen molar-refractivity contribution in [3.8, 4) is 5.75 Å². The largest absolute Gasteiger partial charge is 0.505 e. The van der Waals surface area contributed by atoms with Crippen LogP contribution in [0.15, 0.2) is 54.7 Å². The summed E-state index contributed by atoms with van der Waals surface area (Å²) < 4.78 is 0. The quantitative estimate of drug-likeness (QED) is 0.747. The molecule has 2 aromatic carbocycles. The van der Waals surface area contributed by atoms with Crippen LogP contribution in [0, 0.1) is 0 Å². The number of carbonyl (C=O) groups excluding carboxylic acids is 1. The van der Waals surface area contributed by atoms with E-state index in [-0.39, 0.29) is 11.7 Å². The molecule has 1 atom stereocenters. The summed E-state index contributed by atoms with van der Waals surface area (Å²) in [6.45, 7) is 1.79. The van der Waals surface area contributed by atoms with Crippen molar-refractivity contribution in [3.05, 3.63) is 70.9 Å². The second-order valence-electron chi connectivity index (χ2n) is 5.48. The Morgan fingerprint density at radius 2 is 1.96 bits per heavy atom. The first-order valence-corrected chi connectivity index (χ1v) is 8.09. The lowest BCUT2D eigenvalue weighted by atomic mass is 9.96. The highest BCUT2D eigenvalue weighted by molar-refractivity contribution is 6.30. The topological polar surface area (TPSA) is 62.2 Å². The Labute approximate surface area is 145 Å². The molecule has 1 heterocycles. The normalized spacial score (nSPS) is 12.1. The SMILES string of the molecule is CCC(=O)N[C@H](c1ccc(Cl)cc1)c1ccc2cccnc2c1O. The van der Waals surface area contributed by atoms with E-state index in [0.717, 1.165) is 10.9 Å². The van der Waals surface area contributed by atoms with Gasteiger partial charge in [0.1, 0.15) is 11.3 Å². The number of rotatable bonds is 4. The number of hydrogen-bond acceptors (Lipinski definition) is 3. The molecule has 0 spiro atoms. The number of amides is 1. The predicted octanol–water partition coefficient (Wildman–Crippen LogP) is 4.21. The third-order valence-electron chi connectivity index (χ3n) is 3.92. The molecule has 0 aliphatic carbocycles. The highest BCUT2D eigenvalue weighted by Crippen LogP contribution is 2.34. The molecule has 0 aliphatic heterocycles. The standard InChI is InChI=1S/C19H17ClN2O2/c1-2-16(23)22-17(13-5-8-14(20)9-6-13)15-10-7-12-4-3-11-21-18(12)19(15)24/h3-11,17,24H,2H2,1H3,(H,22,23)/t17-/m1/s1. The number of halogens is 1. The zero-order valence-electron chi connectivity index (χ0n) is 13.2. The molecule has 0 aliphatic rings. The van der Waals surface area contributed by atoms with Gasteiger partial charge >= 0.3 is 0 Å². The first-order chi connectivity index (χ1) is 11.6. The number of carbonyl (C=O) groups is 1. The van der Waals surface area contributed by atoms with Crippen molar-refractivity contribution in [2.45, 2.75) is 19.4 Å². The van der Waals surface area contributed by atoms with E-state index in [4.69, 9.17) is 11.6 Å². The minimum Gasteiger partial charge on any atom is -0.505 e. The molecular formula is C19H17ClN2O2. The predicted molar refractivity (Wildman–Crippen MR) is 95.1 cm³/mol. The Morgan fingerprint density at radius 1 is 1.21 bits per heavy atom. The van der Waals surface area contributed by atoms with Gasteiger partial charge in [-0.15, -0.1) is 0 Å². The molecule has 1 aromatic heterocycles. The van der Waals surface area contributed by atoms with Crippen molar-refractivity contribution in [2.75, 3.05) is 0 Å². The first-order valence-electron chi connectivity index (χ1n) is 7.71. The van der Waals surface area contributed by atoms with E-state index in [1.807, 2.05) is 36.4 Å². The van der Waals surface area contributed by atoms with E-state index in [1.165, 1.54) is 0 Å². The molecular weight excluding hydrogens is 324 g/mol. The number of phenolic OH excluding ortho intramolecular Hbond substituents is 1. The summed E-state index contributed by atoms with van der Waals surface area (Å²) in [5.74, 6) is -0.0279. The molecule has 0 radical (unpaired) electrons. The lowest BCUT2D eigenvalue weighted by Gasteiger charge is -2.21. The third-order valence-corrected chi connectivity index (χ3v) is 4.17. The summed E-state index contributed by atoms with van der Waals surface area (Å²) >= 11 is 5.96. The summed E-state index contributed by atoms with van der Waals surface area (Å²) in [5.41, 5.74) is 1.96. The number of nitrogens with one attached hydrogen (secondary N) is 1. The fraction of sp³-hybridized carbons (Fsp3) is 0.158. The zero-order valence-corrected chi connectivity index (χ0v) is 13.9. The van der Waals surface area contributed by atoms with Crippen LogP contribution in [-0.4, -0.2) is 16.0 Å². The van der Waals surface area contributed by atoms with E-state index >= 15 is 0 Å². The van der Waals surface area contributed by atoms with E-state index in [0.29, 0.717) is 22.5 Å². The Kier molecular flexibility index (Phi) is 4.67. The lowest BCUT2D eigenvalue weighted by Crippen LogP contribution is -2.28. The molecule has 1 amide bonds. The van der Waals surface area contributed by atoms with Crippen LogP contribution < -0.4 is 5.32 Å². The molecule has 3 rings (SSSR count). The van der Waals surface area contributed by atoms with Crippen LogP contribution in [-0.2, 0) is 4.79 Å². The highest BCUT2D eigenvalue weighted by atomic mass is 35.5. The van der Waals surface area contributed by atoms with Crippen molar-refractivity contribution < 1.29 is 9.90 Å². The van der Waals surface area contributed by atoms with E-state index in [1.54, 1.807) is 25.3 Å². The van der Waals surface area contributed by atoms with Gasteiger partial charge in [-0.2, -0.15) is 0 Å². The van der Waals surface area contributed by atoms with Crippen LogP contribution in [0.25, 0.3) is 10.9 Å². The van der Waals surface area contributed by atoms with Gasteiger partial charge < -0.3 is 10.4 Å². The monoisotopic (exact) mass is 340 g/mol. The Balaban J connectivity index is 2.12. The number of aromatic hydroxyl groups is 1. The Hall–Kier alpha value is -2.59. The summed E-state index contributed by atoms with van der Waals surface area (Å²) in [7, 11) is 0. The van der Waals surface area contributed by atoms with Gasteiger partial charge in [-0.3, -0.25) is 9.78 Å². The van der Waals surface area contributed by atoms with Crippen molar-refractivity contribution in [2.24, 2.45) is 0 Å². The number of fused-ring (bicyclic) bond motifs is 1. The molecule has 5 heteroatoms. The molecule has 0 saturated heterocycles. The maximum Gasteiger partial charge on any atom is 0.220 e. The fourth-order valence-electron chi connectivity index (χ4n) is 2.64. The Bertz CT molecular complexity index is 878. The summed E-state index contributed by atoms with van der Waals surface area (Å²) in [6, 6.07) is 14.1. The van der Waals surface area contributed by atoms with Gasteiger partial charge in [0.05, 0.1) is 6.04 Å². The van der Waals surface area contributed by atoms with E-state index in [9.17, 15) is 9.90 Å². The lowest BCUT2D eigenvalue weighted by molar-refractivity contribution is -0.121. The van der Waals surface area contributed by atoms with E-state index in [2.05, 4.69) is 10.3 Å². The van der Waals surface area contributed by atoms with Gasteiger partial charge in [-0.25, -0.2) is 0 Å². The van der Waals surface area contributed by atoms with Crippen LogP contribution in [0.5, 0.6) is 5.75 Å². The minimum absolute atomic E-state index is 0.0736. The number of pyridine rings is 1. The molecule has 0 fully saturated rings. The van der Waals surface area contributed by atoms with Crippen molar-refractivity contribution >= 4 is 28.4 Å². The first kappa shape index (κ1) is 16.3. The molecule has 2 N–H and O–H groups in total. The number of aromatic nitrogens is 1. The minimum atomic E-state index is -0.471. The fourth-order valence-corrected chi connectivity index (χ4v) is 2.76. The molecule has 0 unspecified atom stereocenters. The van der Waals surface area contributed by atoms with Crippen LogP contribution in [0.3, 0.4) is 0 Å². The van der Waals surface area contributed by atoms with Crippen LogP contribution in [0.4, 0.5) is 0 Å². The van der Waals surface area contributed by atoms with Gasteiger partial charge in [0.2, 0.25) is 5.91 Å². The van der Waals surface area contributed by atoms with Gasteiger partial charge in [0, 0.05) is 28.6 Å². The second kappa shape index (κ2) is 6.89. The van der Waals surface area contributed by atoms with Crippen molar-refractivity contribution in [1.29, 1.82) is 0 Å². The molecule has 24 heavy (non-hydrogen) atoms. The van der Waals surface area contributed by atoms with Crippen LogP contribution >= 0.6 is 11.6 Å². The molecule has 4 nitrogen and oxygen atoms in total. The second-order valence-corrected chi connectivity index (χ2v) is 5.92. The molecule has 0 saturated carbocycles. The molecule has 3 aromatic rings. The average Bonchev–Trinajstić information content (AvgIpc) is 2.61. The van der Waals surface area contributed by atoms with Gasteiger partial charge in [-0.05, 0) is 23.8 Å². The third kappa shape index (κ3) is 3.19. The number of nitrogens with zero attached hydrogens (tertiary/aromatic N) is 1. The summed E-state index contributed by atoms with van der Waals surface area (Å²) in [4.78, 5) is 16.2. The van der Waals surface area contributed by atoms with Crippen LogP contribution in [0.2, 0.25) is 5.02 Å². The highest BCUT2D eigenvalue weighted by Gasteiger charge is 2.21. The smallest absolute Gasteiger partial charge is 0.220 e. The maximum absolute atomic E-state index is 12.0. The average molecular weight is 341 g/mol. The molecule has 0 bridgehead atoms. The van der Waals surface area contributed by atoms with E-state index < -0.39 is 6.04 Å². The van der Waals surface area contributed by atoms with Crippen molar-refractivity contribution in [1.82, 2.24) is 10.3 Å². The summed E-state index contributed by atoms with van der Waals surface area (Å²) in [6.07, 6.45) is 1.99. The summed E-state index contributed by atoms with van der Waals surface area (Å²) in [5, 5.41) is 15.1. The van der Waals surface area contributed by atoms with Gasteiger partial charge in [-0.1, -0.05) is 48.9 Å². The number of benzene rings is 2. The van der Waals surface area contributed by atoms with Gasteiger partial charge in [0.25, 0.3) is 0 Å². The number of hydrogen-bond donors (Lipinski definition) is 2. The van der Waals surface area contributed by atoms with Crippen molar-refractivity contribution in [3.63, 3.8) is 0 Å².